The molecule has 80 valence electrons. The first-order valence-corrected chi connectivity index (χ1v) is 4.84. The van der Waals surface area contributed by atoms with Crippen molar-refractivity contribution in [2.45, 2.75) is 6.10 Å². The number of aliphatic hydroxyl groups is 1. The van der Waals surface area contributed by atoms with E-state index >= 15 is 0 Å². The van der Waals surface area contributed by atoms with Gasteiger partial charge in [0.25, 0.3) is 0 Å². The number of carbonyl (C=O) groups is 1. The maximum absolute atomic E-state index is 11.1. The average molecular weight is 201 g/mol. The fraction of sp³-hybridized carbons (Fsp3) is 0.875. The van der Waals surface area contributed by atoms with Crippen molar-refractivity contribution in [2.75, 3.05) is 39.3 Å². The molecule has 0 aliphatic carbocycles. The molecule has 2 aliphatic heterocycles. The Morgan fingerprint density at radius 3 is 3.00 bits per heavy atom. The maximum atomic E-state index is 11.1. The first-order valence-electron chi connectivity index (χ1n) is 4.84. The molecule has 0 aromatic heterocycles. The predicted octanol–water partition coefficient (Wildman–Crippen LogP) is -1.38. The van der Waals surface area contributed by atoms with Crippen LogP contribution in [0.5, 0.6) is 0 Å². The second-order valence-corrected chi connectivity index (χ2v) is 3.56. The molecule has 2 fully saturated rings. The molecule has 2 heterocycles. The minimum absolute atomic E-state index is 0.00949. The molecule has 0 saturated carbocycles. The highest BCUT2D eigenvalue weighted by Crippen LogP contribution is 2.05. The zero-order valence-corrected chi connectivity index (χ0v) is 7.98. The van der Waals surface area contributed by atoms with E-state index in [4.69, 9.17) is 4.84 Å². The SMILES string of the molecule is O=C1NCCN1CCN1C[C@H](O)CO1. The van der Waals surface area contributed by atoms with Gasteiger partial charge in [0.15, 0.2) is 0 Å². The molecule has 14 heavy (non-hydrogen) atoms. The lowest BCUT2D eigenvalue weighted by molar-refractivity contribution is -0.111. The largest absolute Gasteiger partial charge is 0.389 e. The number of hydrogen-bond donors (Lipinski definition) is 2. The quantitative estimate of drug-likeness (QED) is 0.590. The standard InChI is InChI=1S/C8H15N3O3/c12-7-5-11(14-6-7)4-3-10-2-1-9-8(10)13/h7,12H,1-6H2,(H,9,13)/t7-/m0/s1. The molecule has 1 atom stereocenters. The summed E-state index contributed by atoms with van der Waals surface area (Å²) in [5.74, 6) is 0. The van der Waals surface area contributed by atoms with Gasteiger partial charge in [-0.1, -0.05) is 0 Å². The van der Waals surface area contributed by atoms with E-state index < -0.39 is 0 Å². The molecule has 2 amide bonds. The van der Waals surface area contributed by atoms with Crippen LogP contribution in [0, 0.1) is 0 Å². The summed E-state index contributed by atoms with van der Waals surface area (Å²) in [6.07, 6.45) is -0.387. The van der Waals surface area contributed by atoms with Crippen molar-refractivity contribution >= 4 is 6.03 Å². The minimum Gasteiger partial charge on any atom is -0.389 e. The summed E-state index contributed by atoms with van der Waals surface area (Å²) in [5, 5.41) is 13.6. The van der Waals surface area contributed by atoms with Crippen molar-refractivity contribution in [1.29, 1.82) is 0 Å². The number of rotatable bonds is 3. The third kappa shape index (κ3) is 2.14. The highest BCUT2D eigenvalue weighted by atomic mass is 16.7. The Bertz CT molecular complexity index is 224. The molecular formula is C8H15N3O3. The van der Waals surface area contributed by atoms with E-state index in [1.165, 1.54) is 0 Å². The van der Waals surface area contributed by atoms with Gasteiger partial charge in [-0.05, 0) is 0 Å². The van der Waals surface area contributed by atoms with Crippen LogP contribution in [0.15, 0.2) is 0 Å². The van der Waals surface area contributed by atoms with E-state index in [2.05, 4.69) is 5.32 Å². The van der Waals surface area contributed by atoms with E-state index in [0.29, 0.717) is 26.2 Å². The molecule has 0 spiro atoms. The minimum atomic E-state index is -0.387. The Morgan fingerprint density at radius 1 is 1.57 bits per heavy atom. The first kappa shape index (κ1) is 9.70. The normalized spacial score (nSPS) is 28.5. The highest BCUT2D eigenvalue weighted by Gasteiger charge is 2.24. The van der Waals surface area contributed by atoms with Crippen LogP contribution in [0.25, 0.3) is 0 Å². The topological polar surface area (TPSA) is 65.0 Å². The van der Waals surface area contributed by atoms with Crippen molar-refractivity contribution < 1.29 is 14.7 Å². The van der Waals surface area contributed by atoms with Crippen molar-refractivity contribution in [1.82, 2.24) is 15.3 Å². The number of aliphatic hydroxyl groups excluding tert-OH is 1. The van der Waals surface area contributed by atoms with Crippen molar-refractivity contribution in [3.63, 3.8) is 0 Å². The van der Waals surface area contributed by atoms with Crippen molar-refractivity contribution in [3.8, 4) is 0 Å². The van der Waals surface area contributed by atoms with Gasteiger partial charge in [-0.15, -0.1) is 0 Å². The van der Waals surface area contributed by atoms with Gasteiger partial charge in [-0.3, -0.25) is 4.84 Å². The maximum Gasteiger partial charge on any atom is 0.317 e. The highest BCUT2D eigenvalue weighted by molar-refractivity contribution is 5.76. The van der Waals surface area contributed by atoms with Crippen LogP contribution in [0.2, 0.25) is 0 Å². The molecule has 0 radical (unpaired) electrons. The van der Waals surface area contributed by atoms with E-state index in [0.717, 1.165) is 13.1 Å². The number of β-amino-alcohol motifs (C(OH)–C–C–N with tert-alkyl or cyclic N) is 1. The molecule has 2 rings (SSSR count). The van der Waals surface area contributed by atoms with E-state index in [1.54, 1.807) is 9.96 Å². The van der Waals surface area contributed by atoms with Gasteiger partial charge in [-0.25, -0.2) is 4.79 Å². The summed E-state index contributed by atoms with van der Waals surface area (Å²) < 4.78 is 0. The van der Waals surface area contributed by atoms with Gasteiger partial charge in [0, 0.05) is 26.2 Å². The molecule has 2 aliphatic rings. The lowest BCUT2D eigenvalue weighted by atomic mass is 10.4. The fourth-order valence-electron chi connectivity index (χ4n) is 1.64. The molecule has 0 aromatic carbocycles. The molecule has 0 unspecified atom stereocenters. The Morgan fingerprint density at radius 2 is 2.43 bits per heavy atom. The van der Waals surface area contributed by atoms with Crippen LogP contribution in [-0.4, -0.2) is 66.5 Å². The van der Waals surface area contributed by atoms with Gasteiger partial charge in [-0.2, -0.15) is 5.06 Å². The van der Waals surface area contributed by atoms with Crippen LogP contribution < -0.4 is 5.32 Å². The molecule has 0 bridgehead atoms. The number of nitrogens with zero attached hydrogens (tertiary/aromatic N) is 2. The summed E-state index contributed by atoms with van der Waals surface area (Å²) in [5.41, 5.74) is 0. The zero-order chi connectivity index (χ0) is 9.97. The van der Waals surface area contributed by atoms with E-state index in [9.17, 15) is 9.90 Å². The van der Waals surface area contributed by atoms with Gasteiger partial charge in [0.1, 0.15) is 0 Å². The number of carbonyl (C=O) groups excluding carboxylic acids is 1. The molecule has 2 N–H and O–H groups in total. The van der Waals surface area contributed by atoms with Crippen molar-refractivity contribution in [3.05, 3.63) is 0 Å². The average Bonchev–Trinajstić information content (AvgIpc) is 2.72. The zero-order valence-electron chi connectivity index (χ0n) is 7.98. The number of amides is 2. The molecule has 6 nitrogen and oxygen atoms in total. The molecule has 6 heteroatoms. The second-order valence-electron chi connectivity index (χ2n) is 3.56. The fourth-order valence-corrected chi connectivity index (χ4v) is 1.64. The summed E-state index contributed by atoms with van der Waals surface area (Å²) in [7, 11) is 0. The third-order valence-corrected chi connectivity index (χ3v) is 2.43. The lowest BCUT2D eigenvalue weighted by Crippen LogP contribution is -2.36. The Hall–Kier alpha value is -0.850. The van der Waals surface area contributed by atoms with Crippen LogP contribution in [0.3, 0.4) is 0 Å². The summed E-state index contributed by atoms with van der Waals surface area (Å²) in [6, 6.07) is -0.00949. The summed E-state index contributed by atoms with van der Waals surface area (Å²) in [6.45, 7) is 3.70. The number of nitrogens with one attached hydrogen (secondary N) is 1. The van der Waals surface area contributed by atoms with E-state index in [1.807, 2.05) is 0 Å². The summed E-state index contributed by atoms with van der Waals surface area (Å²) >= 11 is 0. The third-order valence-electron chi connectivity index (χ3n) is 2.43. The van der Waals surface area contributed by atoms with Gasteiger partial charge in [0.05, 0.1) is 19.3 Å². The van der Waals surface area contributed by atoms with Crippen molar-refractivity contribution in [2.24, 2.45) is 0 Å². The molecule has 0 aromatic rings. The number of hydroxylamine groups is 2. The number of hydrogen-bond acceptors (Lipinski definition) is 4. The van der Waals surface area contributed by atoms with Gasteiger partial charge < -0.3 is 15.3 Å². The molecule has 2 saturated heterocycles. The second kappa shape index (κ2) is 4.12. The monoisotopic (exact) mass is 201 g/mol. The smallest absolute Gasteiger partial charge is 0.317 e. The Kier molecular flexibility index (Phi) is 2.85. The van der Waals surface area contributed by atoms with Crippen LogP contribution in [-0.2, 0) is 4.84 Å². The van der Waals surface area contributed by atoms with E-state index in [-0.39, 0.29) is 12.1 Å². The van der Waals surface area contributed by atoms with Crippen LogP contribution in [0.1, 0.15) is 0 Å². The van der Waals surface area contributed by atoms with Gasteiger partial charge >= 0.3 is 6.03 Å². The number of urea groups is 1. The summed E-state index contributed by atoms with van der Waals surface area (Å²) in [4.78, 5) is 18.1. The van der Waals surface area contributed by atoms with Gasteiger partial charge in [0.2, 0.25) is 0 Å². The Balaban J connectivity index is 1.69. The predicted molar refractivity (Wildman–Crippen MR) is 48.5 cm³/mol. The lowest BCUT2D eigenvalue weighted by Gasteiger charge is -2.18. The molecular weight excluding hydrogens is 186 g/mol. The van der Waals surface area contributed by atoms with Crippen LogP contribution in [0.4, 0.5) is 4.79 Å². The first-order chi connectivity index (χ1) is 6.75. The van der Waals surface area contributed by atoms with Crippen LogP contribution >= 0.6 is 0 Å². The Labute approximate surface area is 82.4 Å².